The zero-order valence-corrected chi connectivity index (χ0v) is 24.4. The number of aromatic hydroxyl groups is 1. The van der Waals surface area contributed by atoms with Crippen molar-refractivity contribution in [2.75, 3.05) is 55.6 Å². The molecule has 0 spiro atoms. The minimum Gasteiger partial charge on any atom is -0.508 e. The number of benzene rings is 2. The molecule has 1 saturated carbocycles. The summed E-state index contributed by atoms with van der Waals surface area (Å²) >= 11 is 0. The number of likely N-dealkylation sites (tertiary alicyclic amines) is 1. The van der Waals surface area contributed by atoms with E-state index >= 15 is 0 Å². The Hall–Kier alpha value is -3.61. The van der Waals surface area contributed by atoms with Crippen molar-refractivity contribution in [1.82, 2.24) is 20.2 Å². The van der Waals surface area contributed by atoms with Crippen molar-refractivity contribution in [3.05, 3.63) is 46.9 Å². The van der Waals surface area contributed by atoms with Gasteiger partial charge in [-0.3, -0.25) is 0 Å². The first kappa shape index (κ1) is 24.8. The first-order valence-corrected chi connectivity index (χ1v) is 15.7. The van der Waals surface area contributed by atoms with E-state index in [9.17, 15) is 9.50 Å². The maximum atomic E-state index is 14.9. The van der Waals surface area contributed by atoms with E-state index in [1.165, 1.54) is 6.07 Å². The van der Waals surface area contributed by atoms with Crippen LogP contribution in [-0.2, 0) is 13.0 Å². The Kier molecular flexibility index (Phi) is 6.07. The number of fused-ring (bicyclic) bond motifs is 5. The highest BCUT2D eigenvalue weighted by Crippen LogP contribution is 2.47. The van der Waals surface area contributed by atoms with Crippen LogP contribution in [0, 0.1) is 23.6 Å². The fourth-order valence-corrected chi connectivity index (χ4v) is 7.60. The van der Waals surface area contributed by atoms with Crippen molar-refractivity contribution in [3.63, 3.8) is 0 Å². The van der Waals surface area contributed by atoms with E-state index in [0.717, 1.165) is 81.8 Å². The van der Waals surface area contributed by atoms with Gasteiger partial charge in [0.15, 0.2) is 0 Å². The molecule has 5 fully saturated rings. The minimum absolute atomic E-state index is 0.0637. The largest absolute Gasteiger partial charge is 0.508 e. The molecule has 3 aromatic rings. The summed E-state index contributed by atoms with van der Waals surface area (Å²) in [4.78, 5) is 16.6. The molecular formula is C34H39FN6O2. The summed E-state index contributed by atoms with van der Waals surface area (Å²) in [5, 5.41) is 15.5. The van der Waals surface area contributed by atoms with Crippen molar-refractivity contribution in [2.24, 2.45) is 5.41 Å². The summed E-state index contributed by atoms with van der Waals surface area (Å²) in [7, 11) is 0. The van der Waals surface area contributed by atoms with Gasteiger partial charge < -0.3 is 29.9 Å². The number of anilines is 2. The number of halogens is 1. The highest BCUT2D eigenvalue weighted by Gasteiger charge is 2.45. The molecule has 6 heterocycles. The van der Waals surface area contributed by atoms with Crippen LogP contribution in [0.2, 0.25) is 0 Å². The first-order chi connectivity index (χ1) is 21.7. The van der Waals surface area contributed by atoms with Crippen LogP contribution in [0.5, 0.6) is 11.8 Å². The van der Waals surface area contributed by atoms with Gasteiger partial charge in [-0.05, 0) is 75.6 Å². The summed E-state index contributed by atoms with van der Waals surface area (Å²) in [5.41, 5.74) is 2.04. The normalized spacial score (nSPS) is 25.3. The molecule has 2 bridgehead atoms. The number of piperidine rings is 2. The number of hydrogen-bond donors (Lipinski definition) is 2. The smallest absolute Gasteiger partial charge is 0.318 e. The average Bonchev–Trinajstić information content (AvgIpc) is 3.66. The van der Waals surface area contributed by atoms with Gasteiger partial charge in [-0.2, -0.15) is 9.97 Å². The Morgan fingerprint density at radius 3 is 2.77 bits per heavy atom. The highest BCUT2D eigenvalue weighted by atomic mass is 19.1. The zero-order valence-electron chi connectivity index (χ0n) is 26.4. The Morgan fingerprint density at radius 1 is 1.19 bits per heavy atom. The van der Waals surface area contributed by atoms with Crippen LogP contribution < -0.4 is 19.9 Å². The summed E-state index contributed by atoms with van der Waals surface area (Å²) in [5.74, 6) is 2.95. The fourth-order valence-electron chi connectivity index (χ4n) is 7.60. The molecule has 6 aliphatic rings. The van der Waals surface area contributed by atoms with E-state index in [2.05, 4.69) is 25.9 Å². The Morgan fingerprint density at radius 2 is 2.05 bits per heavy atom. The molecule has 4 saturated heterocycles. The number of phenols is 1. The van der Waals surface area contributed by atoms with Gasteiger partial charge in [0.25, 0.3) is 0 Å². The van der Waals surface area contributed by atoms with Crippen LogP contribution in [0.25, 0.3) is 10.8 Å². The lowest BCUT2D eigenvalue weighted by Crippen LogP contribution is -2.61. The van der Waals surface area contributed by atoms with E-state index < -0.39 is 17.8 Å². The minimum atomic E-state index is -1.92. The van der Waals surface area contributed by atoms with Crippen LogP contribution in [-0.4, -0.2) is 77.9 Å². The third kappa shape index (κ3) is 4.95. The number of hydrogen-bond acceptors (Lipinski definition) is 8. The topological polar surface area (TPSA) is 77.0 Å². The van der Waals surface area contributed by atoms with Crippen molar-refractivity contribution in [1.29, 1.82) is 0 Å². The molecule has 5 aliphatic heterocycles. The van der Waals surface area contributed by atoms with E-state index in [4.69, 9.17) is 23.9 Å². The summed E-state index contributed by atoms with van der Waals surface area (Å²) in [6.45, 7) is 3.48. The molecule has 1 aromatic heterocycles. The molecule has 2 N–H and O–H groups in total. The Bertz CT molecular complexity index is 1690. The number of aromatic nitrogens is 2. The van der Waals surface area contributed by atoms with Crippen LogP contribution in [0.1, 0.15) is 58.1 Å². The maximum absolute atomic E-state index is 14.9. The number of nitrogens with zero attached hydrogens (tertiary/aromatic N) is 5. The van der Waals surface area contributed by atoms with E-state index in [0.29, 0.717) is 54.6 Å². The second-order valence-corrected chi connectivity index (χ2v) is 13.0. The molecule has 1 aliphatic carbocycles. The average molecular weight is 585 g/mol. The van der Waals surface area contributed by atoms with Crippen LogP contribution in [0.4, 0.5) is 15.9 Å². The van der Waals surface area contributed by atoms with Crippen molar-refractivity contribution in [2.45, 2.75) is 63.6 Å². The quantitative estimate of drug-likeness (QED) is 0.400. The number of piperazine rings is 1. The third-order valence-electron chi connectivity index (χ3n) is 10.1. The second kappa shape index (κ2) is 10.5. The number of rotatable bonds is 7. The SMILES string of the molecule is [2H]C([2H])(Oc1nc2c(c(N3CC4CCC3CN4)n1)CCN(c1cc(O)cc3ccc(F)c(C#C)c13)C2)C1(CN2CCCC2)CC1. The predicted octanol–water partition coefficient (Wildman–Crippen LogP) is 4.21. The second-order valence-electron chi connectivity index (χ2n) is 13.0. The maximum Gasteiger partial charge on any atom is 0.318 e. The lowest BCUT2D eigenvalue weighted by molar-refractivity contribution is 0.169. The highest BCUT2D eigenvalue weighted by molar-refractivity contribution is 6.00. The summed E-state index contributed by atoms with van der Waals surface area (Å²) < 4.78 is 39.3. The molecular weight excluding hydrogens is 543 g/mol. The molecule has 43 heavy (non-hydrogen) atoms. The van der Waals surface area contributed by atoms with E-state index in [1.54, 1.807) is 18.2 Å². The molecule has 224 valence electrons. The number of phenolic OH excluding ortho intramolecular Hbond substituents is 1. The van der Waals surface area contributed by atoms with E-state index in [1.807, 2.05) is 0 Å². The van der Waals surface area contributed by atoms with Gasteiger partial charge in [0.1, 0.15) is 17.4 Å². The molecule has 2 unspecified atom stereocenters. The molecule has 0 amide bonds. The van der Waals surface area contributed by atoms with Gasteiger partial charge in [0.2, 0.25) is 0 Å². The molecule has 9 rings (SSSR count). The number of nitrogens with one attached hydrogen (secondary N) is 1. The van der Waals surface area contributed by atoms with Gasteiger partial charge >= 0.3 is 6.01 Å². The fraction of sp³-hybridized carbons (Fsp3) is 0.529. The van der Waals surface area contributed by atoms with Gasteiger partial charge in [-0.15, -0.1) is 6.42 Å². The summed E-state index contributed by atoms with van der Waals surface area (Å²) in [6.07, 6.45) is 12.5. The molecule has 8 nitrogen and oxygen atoms in total. The lowest BCUT2D eigenvalue weighted by atomic mass is 9.92. The van der Waals surface area contributed by atoms with Crippen molar-refractivity contribution in [3.8, 4) is 24.1 Å². The van der Waals surface area contributed by atoms with Gasteiger partial charge in [-0.25, -0.2) is 4.39 Å². The standard InChI is InChI=1S/C34H39FN6O2/c1-2-26-28(35)8-5-22-15-25(42)16-30(31(22)26)40-14-9-27-29(19-40)37-33(38-32(27)41-18-23-6-7-24(41)17-36-23)43-21-34(10-11-34)20-39-12-3-4-13-39/h1,5,8,15-16,23-24,36,42H,3-4,6-7,9-14,17-21H2/i21D2. The van der Waals surface area contributed by atoms with E-state index in [-0.39, 0.29) is 17.3 Å². The zero-order chi connectivity index (χ0) is 30.9. The molecule has 0 radical (unpaired) electrons. The Labute approximate surface area is 255 Å². The lowest BCUT2D eigenvalue weighted by Gasteiger charge is -2.47. The van der Waals surface area contributed by atoms with Crippen molar-refractivity contribution < 1.29 is 17.0 Å². The van der Waals surface area contributed by atoms with Crippen LogP contribution >= 0.6 is 0 Å². The molecule has 2 aromatic carbocycles. The molecule has 9 heteroatoms. The first-order valence-electron chi connectivity index (χ1n) is 16.7. The monoisotopic (exact) mass is 584 g/mol. The van der Waals surface area contributed by atoms with Crippen molar-refractivity contribution >= 4 is 22.3 Å². The van der Waals surface area contributed by atoms with Gasteiger partial charge in [0, 0.05) is 66.4 Å². The predicted molar refractivity (Wildman–Crippen MR) is 165 cm³/mol. The third-order valence-corrected chi connectivity index (χ3v) is 10.1. The Balaban J connectivity index is 1.18. The summed E-state index contributed by atoms with van der Waals surface area (Å²) in [6, 6.07) is 6.96. The number of terminal acetylenes is 1. The number of ether oxygens (including phenoxy) is 1. The van der Waals surface area contributed by atoms with Crippen LogP contribution in [0.15, 0.2) is 24.3 Å². The van der Waals surface area contributed by atoms with Gasteiger partial charge in [-0.1, -0.05) is 12.0 Å². The molecule has 2 atom stereocenters. The van der Waals surface area contributed by atoms with Crippen LogP contribution in [0.3, 0.4) is 0 Å². The van der Waals surface area contributed by atoms with Gasteiger partial charge in [0.05, 0.1) is 27.1 Å².